The average Bonchev–Trinajstić information content (AvgIpc) is 3.11. The van der Waals surface area contributed by atoms with Gasteiger partial charge in [0.05, 0.1) is 18.1 Å². The standard InChI is InChI=1S/C20H20O6/c1-11-14(17(21)25-12(2)13-6-9-24-10-13)4-7-19(3)16(11)15-5-8-20(19,23)18(22)26-15/h4-10,12,15-16,23H,1-3H3/t12-,15-,16-,19+,20+/m1/s1. The molecule has 1 N–H and O–H groups in total. The third-order valence-electron chi connectivity index (χ3n) is 5.88. The molecule has 6 heteroatoms. The van der Waals surface area contributed by atoms with Crippen LogP contribution >= 0.6 is 0 Å². The second-order valence-electron chi connectivity index (χ2n) is 7.29. The first-order valence-electron chi connectivity index (χ1n) is 8.54. The van der Waals surface area contributed by atoms with E-state index in [-0.39, 0.29) is 5.92 Å². The number of carbonyl (C=O) groups is 2. The van der Waals surface area contributed by atoms with Crippen molar-refractivity contribution in [3.05, 3.63) is 59.6 Å². The van der Waals surface area contributed by atoms with Crippen LogP contribution in [0.5, 0.6) is 0 Å². The molecule has 1 saturated heterocycles. The quantitative estimate of drug-likeness (QED) is 0.662. The zero-order chi connectivity index (χ0) is 18.7. The fourth-order valence-electron chi connectivity index (χ4n) is 4.22. The molecule has 2 bridgehead atoms. The van der Waals surface area contributed by atoms with Gasteiger partial charge in [-0.15, -0.1) is 0 Å². The van der Waals surface area contributed by atoms with Gasteiger partial charge in [0, 0.05) is 16.9 Å². The molecule has 2 aliphatic heterocycles. The van der Waals surface area contributed by atoms with Crippen LogP contribution in [0.4, 0.5) is 0 Å². The van der Waals surface area contributed by atoms with E-state index in [2.05, 4.69) is 0 Å². The monoisotopic (exact) mass is 356 g/mol. The molecule has 6 nitrogen and oxygen atoms in total. The molecule has 0 radical (unpaired) electrons. The van der Waals surface area contributed by atoms with Gasteiger partial charge in [-0.25, -0.2) is 9.59 Å². The molecule has 0 saturated carbocycles. The number of aliphatic hydroxyl groups is 1. The molecule has 136 valence electrons. The van der Waals surface area contributed by atoms with E-state index >= 15 is 0 Å². The van der Waals surface area contributed by atoms with E-state index in [1.807, 2.05) is 13.8 Å². The molecule has 5 rings (SSSR count). The normalized spacial score (nSPS) is 35.9. The molecule has 0 unspecified atom stereocenters. The first-order chi connectivity index (χ1) is 12.3. The molecule has 0 aromatic carbocycles. The number of hydrogen-bond donors (Lipinski definition) is 1. The van der Waals surface area contributed by atoms with E-state index in [4.69, 9.17) is 13.9 Å². The fourth-order valence-corrected chi connectivity index (χ4v) is 4.22. The van der Waals surface area contributed by atoms with Crippen LogP contribution in [0.25, 0.3) is 0 Å². The van der Waals surface area contributed by atoms with E-state index in [0.717, 1.165) is 11.1 Å². The molecule has 5 atom stereocenters. The molecule has 3 heterocycles. The lowest BCUT2D eigenvalue weighted by atomic mass is 9.54. The van der Waals surface area contributed by atoms with Crippen molar-refractivity contribution in [2.75, 3.05) is 0 Å². The maximum absolute atomic E-state index is 12.7. The maximum Gasteiger partial charge on any atom is 0.343 e. The van der Waals surface area contributed by atoms with Crippen LogP contribution in [0.3, 0.4) is 0 Å². The van der Waals surface area contributed by atoms with Gasteiger partial charge in [-0.05, 0) is 32.1 Å². The molecule has 1 aromatic heterocycles. The molecular weight excluding hydrogens is 336 g/mol. The summed E-state index contributed by atoms with van der Waals surface area (Å²) in [4.78, 5) is 24.9. The van der Waals surface area contributed by atoms with E-state index in [0.29, 0.717) is 5.57 Å². The Labute approximate surface area is 150 Å². The van der Waals surface area contributed by atoms with Crippen LogP contribution in [-0.2, 0) is 19.1 Å². The fraction of sp³-hybridized carbons (Fsp3) is 0.400. The average molecular weight is 356 g/mol. The first kappa shape index (κ1) is 16.8. The molecule has 0 spiro atoms. The second-order valence-corrected chi connectivity index (χ2v) is 7.29. The Balaban J connectivity index is 1.65. The lowest BCUT2D eigenvalue weighted by molar-refractivity contribution is -0.201. The second kappa shape index (κ2) is 5.45. The summed E-state index contributed by atoms with van der Waals surface area (Å²) < 4.78 is 15.9. The van der Waals surface area contributed by atoms with E-state index < -0.39 is 35.2 Å². The minimum Gasteiger partial charge on any atom is -0.472 e. The van der Waals surface area contributed by atoms with Crippen molar-refractivity contribution in [2.24, 2.45) is 11.3 Å². The highest BCUT2D eigenvalue weighted by molar-refractivity contribution is 5.94. The van der Waals surface area contributed by atoms with Gasteiger partial charge in [-0.2, -0.15) is 0 Å². The summed E-state index contributed by atoms with van der Waals surface area (Å²) in [5, 5.41) is 10.9. The Morgan fingerprint density at radius 2 is 2.15 bits per heavy atom. The molecule has 0 amide bonds. The van der Waals surface area contributed by atoms with Crippen LogP contribution in [-0.4, -0.2) is 28.8 Å². The molecule has 1 aromatic rings. The lowest BCUT2D eigenvalue weighted by Gasteiger charge is -2.55. The summed E-state index contributed by atoms with van der Waals surface area (Å²) >= 11 is 0. The van der Waals surface area contributed by atoms with E-state index in [1.54, 1.807) is 31.2 Å². The van der Waals surface area contributed by atoms with Crippen molar-refractivity contribution in [2.45, 2.75) is 38.6 Å². The topological polar surface area (TPSA) is 86.0 Å². The smallest absolute Gasteiger partial charge is 0.343 e. The van der Waals surface area contributed by atoms with Crippen molar-refractivity contribution in [3.63, 3.8) is 0 Å². The Morgan fingerprint density at radius 1 is 1.38 bits per heavy atom. The van der Waals surface area contributed by atoms with Gasteiger partial charge in [0.25, 0.3) is 0 Å². The van der Waals surface area contributed by atoms with Gasteiger partial charge in [0.2, 0.25) is 0 Å². The highest BCUT2D eigenvalue weighted by atomic mass is 16.6. The Bertz CT molecular complexity index is 861. The number of ether oxygens (including phenoxy) is 2. The zero-order valence-electron chi connectivity index (χ0n) is 14.8. The summed E-state index contributed by atoms with van der Waals surface area (Å²) in [5.74, 6) is -1.44. The van der Waals surface area contributed by atoms with Crippen LogP contribution in [0, 0.1) is 11.3 Å². The lowest BCUT2D eigenvalue weighted by Crippen LogP contribution is -2.65. The van der Waals surface area contributed by atoms with Crippen LogP contribution in [0.2, 0.25) is 0 Å². The first-order valence-corrected chi connectivity index (χ1v) is 8.54. The Hall–Kier alpha value is -2.60. The number of rotatable bonds is 3. The van der Waals surface area contributed by atoms with Gasteiger partial charge in [0.15, 0.2) is 5.60 Å². The van der Waals surface area contributed by atoms with Gasteiger partial charge >= 0.3 is 11.9 Å². The molecule has 4 aliphatic rings. The SMILES string of the molecule is CC1=C(C(=O)O[C@H](C)c2ccoc2)C=C[C@@]2(C)[C@H]1[C@H]1C=C[C@]2(O)C(=O)O1. The minimum absolute atomic E-state index is 0.327. The summed E-state index contributed by atoms with van der Waals surface area (Å²) in [6.45, 7) is 5.40. The summed E-state index contributed by atoms with van der Waals surface area (Å²) in [5.41, 5.74) is -0.678. The van der Waals surface area contributed by atoms with Gasteiger partial charge in [-0.3, -0.25) is 0 Å². The Morgan fingerprint density at radius 3 is 2.81 bits per heavy atom. The molecule has 26 heavy (non-hydrogen) atoms. The zero-order valence-corrected chi connectivity index (χ0v) is 14.8. The van der Waals surface area contributed by atoms with Crippen molar-refractivity contribution in [1.82, 2.24) is 0 Å². The summed E-state index contributed by atoms with van der Waals surface area (Å²) in [6, 6.07) is 1.74. The van der Waals surface area contributed by atoms with Crippen LogP contribution in [0.1, 0.15) is 32.4 Å². The third kappa shape index (κ3) is 2.08. The minimum atomic E-state index is -1.73. The van der Waals surface area contributed by atoms with Crippen LogP contribution in [0.15, 0.2) is 58.5 Å². The predicted molar refractivity (Wildman–Crippen MR) is 90.6 cm³/mol. The van der Waals surface area contributed by atoms with Crippen LogP contribution < -0.4 is 0 Å². The van der Waals surface area contributed by atoms with Gasteiger partial charge < -0.3 is 19.0 Å². The predicted octanol–water partition coefficient (Wildman–Crippen LogP) is 2.62. The number of carbonyl (C=O) groups excluding carboxylic acids is 2. The van der Waals surface area contributed by atoms with Crippen molar-refractivity contribution >= 4 is 11.9 Å². The molecule has 2 aliphatic carbocycles. The number of furan rings is 1. The highest BCUT2D eigenvalue weighted by Gasteiger charge is 2.65. The van der Waals surface area contributed by atoms with Crippen molar-refractivity contribution < 1.29 is 28.6 Å². The Kier molecular flexibility index (Phi) is 3.53. The molecular formula is C20H20O6. The van der Waals surface area contributed by atoms with E-state index in [9.17, 15) is 14.7 Å². The highest BCUT2D eigenvalue weighted by Crippen LogP contribution is 2.56. The number of fused-ring (bicyclic) bond motifs is 1. The third-order valence-corrected chi connectivity index (χ3v) is 5.88. The number of hydrogen-bond acceptors (Lipinski definition) is 6. The summed E-state index contributed by atoms with van der Waals surface area (Å²) in [7, 11) is 0. The summed E-state index contributed by atoms with van der Waals surface area (Å²) in [6.07, 6.45) is 8.64. The molecule has 1 fully saturated rings. The van der Waals surface area contributed by atoms with E-state index in [1.165, 1.54) is 18.6 Å². The van der Waals surface area contributed by atoms with Crippen molar-refractivity contribution in [1.29, 1.82) is 0 Å². The van der Waals surface area contributed by atoms with Gasteiger partial charge in [0.1, 0.15) is 12.2 Å². The number of esters is 2. The largest absolute Gasteiger partial charge is 0.472 e. The maximum atomic E-state index is 12.7. The van der Waals surface area contributed by atoms with Crippen molar-refractivity contribution in [3.8, 4) is 0 Å². The van der Waals surface area contributed by atoms with Gasteiger partial charge in [-0.1, -0.05) is 24.6 Å².